The number of H-pyrrole nitrogens is 1. The molecule has 0 aliphatic rings. The van der Waals surface area contributed by atoms with Crippen molar-refractivity contribution in [2.45, 2.75) is 6.42 Å². The zero-order chi connectivity index (χ0) is 15.6. The highest BCUT2D eigenvalue weighted by molar-refractivity contribution is 7.15. The van der Waals surface area contributed by atoms with Gasteiger partial charge in [-0.25, -0.2) is 9.97 Å². The van der Waals surface area contributed by atoms with E-state index in [1.165, 1.54) is 11.3 Å². The van der Waals surface area contributed by atoms with E-state index in [-0.39, 0.29) is 0 Å². The van der Waals surface area contributed by atoms with Crippen molar-refractivity contribution in [1.82, 2.24) is 25.1 Å². The van der Waals surface area contributed by atoms with Crippen LogP contribution in [0.1, 0.15) is 10.8 Å². The van der Waals surface area contributed by atoms with Crippen molar-refractivity contribution in [3.63, 3.8) is 0 Å². The highest BCUT2D eigenvalue weighted by Gasteiger charge is 2.09. The van der Waals surface area contributed by atoms with Gasteiger partial charge in [0.15, 0.2) is 5.65 Å². The monoisotopic (exact) mass is 342 g/mol. The van der Waals surface area contributed by atoms with Crippen molar-refractivity contribution in [2.75, 3.05) is 5.32 Å². The SMILES string of the molecule is Clc1ccc(Nc2nnc(Cc3nc4ncccc4[nH]3)s2)cc1. The van der Waals surface area contributed by atoms with Crippen LogP contribution in [0.2, 0.25) is 5.02 Å². The van der Waals surface area contributed by atoms with Gasteiger partial charge in [-0.15, -0.1) is 10.2 Å². The van der Waals surface area contributed by atoms with Crippen LogP contribution in [0.3, 0.4) is 0 Å². The van der Waals surface area contributed by atoms with Crippen LogP contribution in [0.4, 0.5) is 10.8 Å². The number of pyridine rings is 1. The summed E-state index contributed by atoms with van der Waals surface area (Å²) in [6.45, 7) is 0. The van der Waals surface area contributed by atoms with E-state index in [2.05, 4.69) is 30.5 Å². The van der Waals surface area contributed by atoms with Crippen LogP contribution in [-0.4, -0.2) is 25.1 Å². The minimum absolute atomic E-state index is 0.594. The maximum Gasteiger partial charge on any atom is 0.210 e. The Morgan fingerprint density at radius 3 is 2.83 bits per heavy atom. The largest absolute Gasteiger partial charge is 0.340 e. The molecule has 0 amide bonds. The average molecular weight is 343 g/mol. The molecule has 0 radical (unpaired) electrons. The molecule has 4 aromatic rings. The van der Waals surface area contributed by atoms with Gasteiger partial charge in [0, 0.05) is 16.9 Å². The van der Waals surface area contributed by atoms with E-state index >= 15 is 0 Å². The van der Waals surface area contributed by atoms with Gasteiger partial charge in [-0.2, -0.15) is 0 Å². The van der Waals surface area contributed by atoms with Gasteiger partial charge in [0.25, 0.3) is 0 Å². The van der Waals surface area contributed by atoms with Gasteiger partial charge in [0.1, 0.15) is 10.8 Å². The molecule has 0 atom stereocenters. The zero-order valence-electron chi connectivity index (χ0n) is 11.8. The molecule has 114 valence electrons. The summed E-state index contributed by atoms with van der Waals surface area (Å²) in [7, 11) is 0. The number of nitrogens with zero attached hydrogens (tertiary/aromatic N) is 4. The lowest BCUT2D eigenvalue weighted by Crippen LogP contribution is -1.89. The zero-order valence-corrected chi connectivity index (χ0v) is 13.4. The van der Waals surface area contributed by atoms with E-state index in [9.17, 15) is 0 Å². The topological polar surface area (TPSA) is 79.4 Å². The number of aromatic amines is 1. The molecule has 0 bridgehead atoms. The highest BCUT2D eigenvalue weighted by Crippen LogP contribution is 2.23. The van der Waals surface area contributed by atoms with Crippen LogP contribution >= 0.6 is 22.9 Å². The molecule has 4 rings (SSSR count). The van der Waals surface area contributed by atoms with E-state index in [1.54, 1.807) is 6.20 Å². The van der Waals surface area contributed by atoms with Gasteiger partial charge in [-0.3, -0.25) is 0 Å². The number of aromatic nitrogens is 5. The van der Waals surface area contributed by atoms with Crippen LogP contribution in [-0.2, 0) is 6.42 Å². The van der Waals surface area contributed by atoms with Gasteiger partial charge in [-0.05, 0) is 36.4 Å². The lowest BCUT2D eigenvalue weighted by molar-refractivity contribution is 0.959. The number of hydrogen-bond acceptors (Lipinski definition) is 6. The summed E-state index contributed by atoms with van der Waals surface area (Å²) in [6, 6.07) is 11.3. The average Bonchev–Trinajstić information content (AvgIpc) is 3.16. The third kappa shape index (κ3) is 3.15. The van der Waals surface area contributed by atoms with Gasteiger partial charge in [0.05, 0.1) is 11.9 Å². The van der Waals surface area contributed by atoms with E-state index in [0.29, 0.717) is 17.1 Å². The molecule has 23 heavy (non-hydrogen) atoms. The molecular weight excluding hydrogens is 332 g/mol. The summed E-state index contributed by atoms with van der Waals surface area (Å²) in [4.78, 5) is 11.9. The molecule has 2 N–H and O–H groups in total. The van der Waals surface area contributed by atoms with Crippen LogP contribution < -0.4 is 5.32 Å². The van der Waals surface area contributed by atoms with Gasteiger partial charge >= 0.3 is 0 Å². The summed E-state index contributed by atoms with van der Waals surface area (Å²) in [5, 5.41) is 13.9. The van der Waals surface area contributed by atoms with Crippen LogP contribution in [0.15, 0.2) is 42.6 Å². The fraction of sp³-hybridized carbons (Fsp3) is 0.0667. The standard InChI is InChI=1S/C15H11ClN6S/c16-9-3-5-10(6-4-9)18-15-22-21-13(23-15)8-12-19-11-2-1-7-17-14(11)20-12/h1-7H,8H2,(H,18,22)(H,17,19,20). The Balaban J connectivity index is 1.50. The van der Waals surface area contributed by atoms with Gasteiger partial charge in [0.2, 0.25) is 5.13 Å². The molecule has 0 saturated heterocycles. The quantitative estimate of drug-likeness (QED) is 0.589. The van der Waals surface area contributed by atoms with Crippen molar-refractivity contribution in [3.05, 3.63) is 58.4 Å². The van der Waals surface area contributed by atoms with Gasteiger partial charge < -0.3 is 10.3 Å². The Hall–Kier alpha value is -2.51. The number of fused-ring (bicyclic) bond motifs is 1. The number of imidazole rings is 1. The van der Waals surface area contributed by atoms with Crippen LogP contribution in [0, 0.1) is 0 Å². The minimum atomic E-state index is 0.594. The molecule has 0 unspecified atom stereocenters. The normalized spacial score (nSPS) is 11.0. The molecule has 0 aliphatic heterocycles. The van der Waals surface area contributed by atoms with E-state index in [0.717, 1.165) is 27.2 Å². The molecule has 3 aromatic heterocycles. The fourth-order valence-corrected chi connectivity index (χ4v) is 3.04. The summed E-state index contributed by atoms with van der Waals surface area (Å²) in [5.74, 6) is 0.827. The first kappa shape index (κ1) is 14.1. The first-order valence-electron chi connectivity index (χ1n) is 6.91. The van der Waals surface area contributed by atoms with Crippen LogP contribution in [0.5, 0.6) is 0 Å². The molecule has 0 spiro atoms. The number of hydrogen-bond donors (Lipinski definition) is 2. The predicted molar refractivity (Wildman–Crippen MR) is 91.3 cm³/mol. The first-order valence-corrected chi connectivity index (χ1v) is 8.10. The second kappa shape index (κ2) is 5.94. The third-order valence-electron chi connectivity index (χ3n) is 3.19. The number of anilines is 2. The number of nitrogens with one attached hydrogen (secondary N) is 2. The summed E-state index contributed by atoms with van der Waals surface area (Å²) < 4.78 is 0. The fourth-order valence-electron chi connectivity index (χ4n) is 2.15. The lowest BCUT2D eigenvalue weighted by Gasteiger charge is -2.00. The maximum atomic E-state index is 5.87. The van der Waals surface area contributed by atoms with E-state index < -0.39 is 0 Å². The Morgan fingerprint density at radius 2 is 2.00 bits per heavy atom. The smallest absolute Gasteiger partial charge is 0.210 e. The second-order valence-corrected chi connectivity index (χ2v) is 6.37. The molecule has 0 aliphatic carbocycles. The minimum Gasteiger partial charge on any atom is -0.340 e. The lowest BCUT2D eigenvalue weighted by atomic mass is 10.3. The third-order valence-corrected chi connectivity index (χ3v) is 4.28. The van der Waals surface area contributed by atoms with E-state index in [4.69, 9.17) is 11.6 Å². The van der Waals surface area contributed by atoms with E-state index in [1.807, 2.05) is 36.4 Å². The number of rotatable bonds is 4. The second-order valence-electron chi connectivity index (χ2n) is 4.87. The molecular formula is C15H11ClN6S. The Kier molecular flexibility index (Phi) is 3.64. The molecule has 0 fully saturated rings. The highest BCUT2D eigenvalue weighted by atomic mass is 35.5. The van der Waals surface area contributed by atoms with Crippen molar-refractivity contribution in [1.29, 1.82) is 0 Å². The first-order chi connectivity index (χ1) is 11.3. The summed E-state index contributed by atoms with van der Waals surface area (Å²) >= 11 is 7.36. The number of halogens is 1. The molecule has 3 heterocycles. The molecule has 8 heteroatoms. The summed E-state index contributed by atoms with van der Waals surface area (Å²) in [5.41, 5.74) is 2.56. The van der Waals surface area contributed by atoms with Crippen molar-refractivity contribution < 1.29 is 0 Å². The van der Waals surface area contributed by atoms with Crippen molar-refractivity contribution in [3.8, 4) is 0 Å². The summed E-state index contributed by atoms with van der Waals surface area (Å²) in [6.07, 6.45) is 2.32. The maximum absolute atomic E-state index is 5.87. The number of benzene rings is 1. The van der Waals surface area contributed by atoms with Crippen LogP contribution in [0.25, 0.3) is 11.2 Å². The molecule has 0 saturated carbocycles. The Labute approximate surface area is 140 Å². The van der Waals surface area contributed by atoms with Gasteiger partial charge in [-0.1, -0.05) is 22.9 Å². The van der Waals surface area contributed by atoms with Crippen molar-refractivity contribution >= 4 is 44.9 Å². The molecule has 6 nitrogen and oxygen atoms in total. The predicted octanol–water partition coefficient (Wildman–Crippen LogP) is 3.80. The Morgan fingerprint density at radius 1 is 1.13 bits per heavy atom. The Bertz CT molecular complexity index is 913. The van der Waals surface area contributed by atoms with Crippen molar-refractivity contribution in [2.24, 2.45) is 0 Å². The molecule has 1 aromatic carbocycles.